The predicted octanol–water partition coefficient (Wildman–Crippen LogP) is 3.91. The Morgan fingerprint density at radius 1 is 1.00 bits per heavy atom. The molecule has 0 aliphatic carbocycles. The Morgan fingerprint density at radius 3 is 2.64 bits per heavy atom. The average Bonchev–Trinajstić information content (AvgIpc) is 3.13. The SMILES string of the molecule is Cc1sc(Cn2nnc3ccccc32)nc1-c1ccccc1. The quantitative estimate of drug-likeness (QED) is 0.576. The van der Waals surface area contributed by atoms with Crippen molar-refractivity contribution in [2.45, 2.75) is 13.5 Å². The van der Waals surface area contributed by atoms with Gasteiger partial charge in [0, 0.05) is 10.4 Å². The summed E-state index contributed by atoms with van der Waals surface area (Å²) < 4.78 is 1.91. The first kappa shape index (κ1) is 13.2. The summed E-state index contributed by atoms with van der Waals surface area (Å²) in [6.07, 6.45) is 0. The summed E-state index contributed by atoms with van der Waals surface area (Å²) in [5.74, 6) is 0. The minimum Gasteiger partial charge on any atom is -0.239 e. The van der Waals surface area contributed by atoms with Gasteiger partial charge in [0.25, 0.3) is 0 Å². The molecule has 22 heavy (non-hydrogen) atoms. The third kappa shape index (κ3) is 2.29. The summed E-state index contributed by atoms with van der Waals surface area (Å²) in [4.78, 5) is 6.02. The molecule has 0 saturated heterocycles. The fourth-order valence-electron chi connectivity index (χ4n) is 2.55. The highest BCUT2D eigenvalue weighted by Gasteiger charge is 2.11. The van der Waals surface area contributed by atoms with Gasteiger partial charge in [0.2, 0.25) is 0 Å². The topological polar surface area (TPSA) is 43.6 Å². The van der Waals surface area contributed by atoms with Crippen LogP contribution in [0.1, 0.15) is 9.88 Å². The second kappa shape index (κ2) is 5.35. The lowest BCUT2D eigenvalue weighted by molar-refractivity contribution is 0.667. The largest absolute Gasteiger partial charge is 0.239 e. The number of thiazole rings is 1. The maximum absolute atomic E-state index is 4.79. The lowest BCUT2D eigenvalue weighted by atomic mass is 10.1. The number of fused-ring (bicyclic) bond motifs is 1. The van der Waals surface area contributed by atoms with Crippen LogP contribution < -0.4 is 0 Å². The third-order valence-corrected chi connectivity index (χ3v) is 4.55. The van der Waals surface area contributed by atoms with Gasteiger partial charge in [0.1, 0.15) is 10.5 Å². The number of hydrogen-bond acceptors (Lipinski definition) is 4. The molecule has 108 valence electrons. The number of aromatic nitrogens is 4. The Balaban J connectivity index is 1.70. The third-order valence-electron chi connectivity index (χ3n) is 3.59. The molecule has 0 unspecified atom stereocenters. The Hall–Kier alpha value is -2.53. The van der Waals surface area contributed by atoms with Gasteiger partial charge in [-0.05, 0) is 19.1 Å². The highest BCUT2D eigenvalue weighted by Crippen LogP contribution is 2.28. The van der Waals surface area contributed by atoms with E-state index in [0.29, 0.717) is 6.54 Å². The number of hydrogen-bond donors (Lipinski definition) is 0. The zero-order valence-corrected chi connectivity index (χ0v) is 12.9. The van der Waals surface area contributed by atoms with Crippen LogP contribution in [0.3, 0.4) is 0 Å². The summed E-state index contributed by atoms with van der Waals surface area (Å²) >= 11 is 1.72. The Bertz CT molecular complexity index is 924. The number of benzene rings is 2. The van der Waals surface area contributed by atoms with Crippen LogP contribution in [0.2, 0.25) is 0 Å². The number of aryl methyl sites for hydroxylation is 1. The first-order valence-corrected chi connectivity index (χ1v) is 7.93. The van der Waals surface area contributed by atoms with Gasteiger partial charge in [-0.15, -0.1) is 16.4 Å². The van der Waals surface area contributed by atoms with E-state index in [1.807, 2.05) is 47.1 Å². The summed E-state index contributed by atoms with van der Waals surface area (Å²) in [6.45, 7) is 2.77. The highest BCUT2D eigenvalue weighted by molar-refractivity contribution is 7.12. The van der Waals surface area contributed by atoms with Crippen LogP contribution in [0, 0.1) is 6.92 Å². The Kier molecular flexibility index (Phi) is 3.20. The van der Waals surface area contributed by atoms with Gasteiger partial charge in [-0.3, -0.25) is 0 Å². The monoisotopic (exact) mass is 306 g/mol. The van der Waals surface area contributed by atoms with Crippen molar-refractivity contribution >= 4 is 22.4 Å². The van der Waals surface area contributed by atoms with E-state index in [4.69, 9.17) is 4.98 Å². The van der Waals surface area contributed by atoms with Crippen molar-refractivity contribution in [3.8, 4) is 11.3 Å². The zero-order valence-electron chi connectivity index (χ0n) is 12.1. The van der Waals surface area contributed by atoms with E-state index < -0.39 is 0 Å². The van der Waals surface area contributed by atoms with Crippen molar-refractivity contribution in [2.24, 2.45) is 0 Å². The van der Waals surface area contributed by atoms with E-state index in [9.17, 15) is 0 Å². The van der Waals surface area contributed by atoms with Crippen LogP contribution in [0.15, 0.2) is 54.6 Å². The van der Waals surface area contributed by atoms with Gasteiger partial charge in [0.15, 0.2) is 0 Å². The standard InChI is InChI=1S/C17H14N4S/c1-12-17(13-7-3-2-4-8-13)18-16(22-12)11-21-15-10-6-5-9-14(15)19-20-21/h2-10H,11H2,1H3. The molecule has 0 bridgehead atoms. The second-order valence-electron chi connectivity index (χ2n) is 5.11. The molecule has 0 radical (unpaired) electrons. The maximum atomic E-state index is 4.79. The smallest absolute Gasteiger partial charge is 0.115 e. The number of rotatable bonds is 3. The van der Waals surface area contributed by atoms with Crippen LogP contribution in [0.5, 0.6) is 0 Å². The molecule has 0 amide bonds. The zero-order chi connectivity index (χ0) is 14.9. The number of nitrogens with zero attached hydrogens (tertiary/aromatic N) is 4. The second-order valence-corrected chi connectivity index (χ2v) is 6.40. The molecule has 2 aromatic carbocycles. The minimum atomic E-state index is 0.652. The average molecular weight is 306 g/mol. The van der Waals surface area contributed by atoms with Crippen LogP contribution >= 0.6 is 11.3 Å². The van der Waals surface area contributed by atoms with Gasteiger partial charge in [-0.25, -0.2) is 9.67 Å². The van der Waals surface area contributed by atoms with Crippen molar-refractivity contribution in [2.75, 3.05) is 0 Å². The summed E-state index contributed by atoms with van der Waals surface area (Å²) in [5.41, 5.74) is 4.17. The van der Waals surface area contributed by atoms with Crippen molar-refractivity contribution < 1.29 is 0 Å². The van der Waals surface area contributed by atoms with Crippen molar-refractivity contribution in [3.05, 3.63) is 64.5 Å². The van der Waals surface area contributed by atoms with Gasteiger partial charge >= 0.3 is 0 Å². The number of para-hydroxylation sites is 1. The molecular formula is C17H14N4S. The van der Waals surface area contributed by atoms with Crippen LogP contribution in [0.25, 0.3) is 22.3 Å². The first-order chi connectivity index (χ1) is 10.8. The van der Waals surface area contributed by atoms with Crippen LogP contribution in [0.4, 0.5) is 0 Å². The summed E-state index contributed by atoms with van der Waals surface area (Å²) in [6, 6.07) is 18.3. The molecule has 0 spiro atoms. The van der Waals surface area contributed by atoms with Crippen molar-refractivity contribution in [1.29, 1.82) is 0 Å². The van der Waals surface area contributed by atoms with Crippen LogP contribution in [-0.2, 0) is 6.54 Å². The summed E-state index contributed by atoms with van der Waals surface area (Å²) in [5, 5.41) is 9.48. The van der Waals surface area contributed by atoms with E-state index in [2.05, 4.69) is 29.4 Å². The molecule has 0 fully saturated rings. The van der Waals surface area contributed by atoms with E-state index in [-0.39, 0.29) is 0 Å². The van der Waals surface area contributed by atoms with Gasteiger partial charge in [0.05, 0.1) is 17.8 Å². The predicted molar refractivity (Wildman–Crippen MR) is 88.9 cm³/mol. The molecule has 0 aliphatic rings. The Morgan fingerprint density at radius 2 is 1.77 bits per heavy atom. The van der Waals surface area contributed by atoms with Crippen LogP contribution in [-0.4, -0.2) is 20.0 Å². The highest BCUT2D eigenvalue weighted by atomic mass is 32.1. The Labute approximate surface area is 132 Å². The first-order valence-electron chi connectivity index (χ1n) is 7.11. The van der Waals surface area contributed by atoms with Crippen molar-refractivity contribution in [3.63, 3.8) is 0 Å². The van der Waals surface area contributed by atoms with Gasteiger partial charge in [-0.1, -0.05) is 47.7 Å². The molecule has 4 nitrogen and oxygen atoms in total. The molecule has 0 saturated carbocycles. The fourth-order valence-corrected chi connectivity index (χ4v) is 3.48. The van der Waals surface area contributed by atoms with Gasteiger partial charge < -0.3 is 0 Å². The molecule has 2 heterocycles. The molecule has 0 atom stereocenters. The van der Waals surface area contributed by atoms with Gasteiger partial charge in [-0.2, -0.15) is 0 Å². The fraction of sp³-hybridized carbons (Fsp3) is 0.118. The normalized spacial score (nSPS) is 11.1. The van der Waals surface area contributed by atoms with E-state index in [1.165, 1.54) is 4.88 Å². The maximum Gasteiger partial charge on any atom is 0.115 e. The minimum absolute atomic E-state index is 0.652. The molecule has 0 N–H and O–H groups in total. The van der Waals surface area contributed by atoms with E-state index in [1.54, 1.807) is 11.3 Å². The lowest BCUT2D eigenvalue weighted by Crippen LogP contribution is -2.01. The molecule has 4 aromatic rings. The molecular weight excluding hydrogens is 292 g/mol. The molecule has 5 heteroatoms. The summed E-state index contributed by atoms with van der Waals surface area (Å²) in [7, 11) is 0. The molecule has 2 aromatic heterocycles. The van der Waals surface area contributed by atoms with E-state index >= 15 is 0 Å². The molecule has 4 rings (SSSR count). The van der Waals surface area contributed by atoms with Crippen molar-refractivity contribution in [1.82, 2.24) is 20.0 Å². The lowest BCUT2D eigenvalue weighted by Gasteiger charge is -1.99. The van der Waals surface area contributed by atoms with E-state index in [0.717, 1.165) is 27.3 Å². The molecule has 0 aliphatic heterocycles.